The Kier molecular flexibility index (Phi) is 3.39. The number of hydrogen-bond donors (Lipinski definition) is 0. The van der Waals surface area contributed by atoms with Gasteiger partial charge in [0.1, 0.15) is 0 Å². The van der Waals surface area contributed by atoms with Gasteiger partial charge in [-0.15, -0.1) is 0 Å². The Hall–Kier alpha value is -1.30. The van der Waals surface area contributed by atoms with Crippen molar-refractivity contribution in [3.8, 4) is 11.1 Å². The Bertz CT molecular complexity index is 441. The zero-order chi connectivity index (χ0) is 10.5. The SMILES string of the molecule is [SeH]C=Cc1ccc(-c2ccccc2)cc1. The molecule has 0 amide bonds. The maximum absolute atomic E-state index is 2.44. The van der Waals surface area contributed by atoms with Gasteiger partial charge in [-0.05, 0) is 0 Å². The van der Waals surface area contributed by atoms with Crippen LogP contribution >= 0.6 is 0 Å². The first-order chi connectivity index (χ1) is 7.40. The Labute approximate surface area is 98.5 Å². The van der Waals surface area contributed by atoms with Gasteiger partial charge >= 0.3 is 98.4 Å². The van der Waals surface area contributed by atoms with Crippen molar-refractivity contribution >= 4 is 22.1 Å². The van der Waals surface area contributed by atoms with Crippen molar-refractivity contribution in [3.05, 3.63) is 65.1 Å². The van der Waals surface area contributed by atoms with E-state index in [4.69, 9.17) is 0 Å². The Morgan fingerprint density at radius 3 is 1.93 bits per heavy atom. The maximum atomic E-state index is 2.44. The predicted octanol–water partition coefficient (Wildman–Crippen LogP) is 3.23. The molecule has 2 aromatic carbocycles. The predicted molar refractivity (Wildman–Crippen MR) is 68.1 cm³/mol. The van der Waals surface area contributed by atoms with Crippen LogP contribution in [-0.4, -0.2) is 16.0 Å². The van der Waals surface area contributed by atoms with E-state index in [-0.39, 0.29) is 0 Å². The summed E-state index contributed by atoms with van der Waals surface area (Å²) in [6.45, 7) is 0. The molecule has 0 saturated carbocycles. The van der Waals surface area contributed by atoms with E-state index in [1.165, 1.54) is 16.7 Å². The Morgan fingerprint density at radius 1 is 0.733 bits per heavy atom. The van der Waals surface area contributed by atoms with Gasteiger partial charge in [0.15, 0.2) is 0 Å². The molecule has 0 unspecified atom stereocenters. The minimum atomic E-state index is 1.23. The molecule has 1 heteroatoms. The molecule has 0 spiro atoms. The molecule has 15 heavy (non-hydrogen) atoms. The quantitative estimate of drug-likeness (QED) is 0.726. The molecule has 0 fully saturated rings. The second-order valence-electron chi connectivity index (χ2n) is 3.30. The third-order valence-electron chi connectivity index (χ3n) is 2.28. The molecule has 0 aromatic heterocycles. The van der Waals surface area contributed by atoms with Crippen LogP contribution in [0.4, 0.5) is 0 Å². The van der Waals surface area contributed by atoms with Gasteiger partial charge in [0, 0.05) is 0 Å². The van der Waals surface area contributed by atoms with Crippen LogP contribution in [0.2, 0.25) is 0 Å². The number of hydrogen-bond acceptors (Lipinski definition) is 0. The van der Waals surface area contributed by atoms with Crippen LogP contribution in [-0.2, 0) is 0 Å². The van der Waals surface area contributed by atoms with Crippen molar-refractivity contribution in [3.63, 3.8) is 0 Å². The van der Waals surface area contributed by atoms with E-state index in [2.05, 4.69) is 70.6 Å². The second kappa shape index (κ2) is 4.97. The summed E-state index contributed by atoms with van der Waals surface area (Å²) in [5.74, 6) is 0. The summed E-state index contributed by atoms with van der Waals surface area (Å²) in [6, 6.07) is 19.0. The van der Waals surface area contributed by atoms with E-state index in [0.717, 1.165) is 0 Å². The molecule has 2 rings (SSSR count). The first kappa shape index (κ1) is 10.2. The van der Waals surface area contributed by atoms with Gasteiger partial charge in [-0.2, -0.15) is 0 Å². The standard InChI is InChI=1S/C14H12Se/c15-11-10-12-6-8-14(9-7-12)13-4-2-1-3-5-13/h1-11,15H. The summed E-state index contributed by atoms with van der Waals surface area (Å²) in [6.07, 6.45) is 2.08. The van der Waals surface area contributed by atoms with Gasteiger partial charge in [-0.25, -0.2) is 0 Å². The average Bonchev–Trinajstić information content (AvgIpc) is 2.32. The van der Waals surface area contributed by atoms with E-state index in [1.54, 1.807) is 0 Å². The zero-order valence-corrected chi connectivity index (χ0v) is 10.2. The first-order valence-electron chi connectivity index (χ1n) is 4.86. The van der Waals surface area contributed by atoms with Crippen molar-refractivity contribution in [2.24, 2.45) is 0 Å². The molecule has 74 valence electrons. The minimum absolute atomic E-state index is 1.23. The molecule has 0 aliphatic heterocycles. The molecular formula is C14H12Se. The van der Waals surface area contributed by atoms with Crippen molar-refractivity contribution in [1.82, 2.24) is 0 Å². The molecule has 0 heterocycles. The fourth-order valence-corrected chi connectivity index (χ4v) is 1.86. The van der Waals surface area contributed by atoms with Crippen LogP contribution in [0.15, 0.2) is 59.6 Å². The summed E-state index contributed by atoms with van der Waals surface area (Å²) in [7, 11) is 0. The molecule has 0 aliphatic rings. The number of rotatable bonds is 2. The van der Waals surface area contributed by atoms with E-state index in [0.29, 0.717) is 0 Å². The van der Waals surface area contributed by atoms with Crippen molar-refractivity contribution in [2.45, 2.75) is 0 Å². The van der Waals surface area contributed by atoms with Crippen molar-refractivity contribution in [2.75, 3.05) is 0 Å². The van der Waals surface area contributed by atoms with Crippen molar-refractivity contribution < 1.29 is 0 Å². The molecule has 0 radical (unpaired) electrons. The van der Waals surface area contributed by atoms with Gasteiger partial charge in [0.25, 0.3) is 0 Å². The van der Waals surface area contributed by atoms with Gasteiger partial charge in [-0.1, -0.05) is 0 Å². The first-order valence-corrected chi connectivity index (χ1v) is 5.95. The van der Waals surface area contributed by atoms with Gasteiger partial charge in [0.05, 0.1) is 0 Å². The van der Waals surface area contributed by atoms with Gasteiger partial charge in [-0.3, -0.25) is 0 Å². The fourth-order valence-electron chi connectivity index (χ4n) is 1.50. The van der Waals surface area contributed by atoms with E-state index in [9.17, 15) is 0 Å². The van der Waals surface area contributed by atoms with Gasteiger partial charge in [0.2, 0.25) is 0 Å². The molecule has 0 bridgehead atoms. The third-order valence-corrected chi connectivity index (χ3v) is 2.60. The summed E-state index contributed by atoms with van der Waals surface area (Å²) < 4.78 is 0. The van der Waals surface area contributed by atoms with Gasteiger partial charge < -0.3 is 0 Å². The summed E-state index contributed by atoms with van der Waals surface area (Å²) in [5, 5.41) is 0. The molecule has 0 nitrogen and oxygen atoms in total. The number of benzene rings is 2. The molecule has 0 atom stereocenters. The van der Waals surface area contributed by atoms with Crippen LogP contribution in [0.5, 0.6) is 0 Å². The van der Waals surface area contributed by atoms with Crippen LogP contribution in [0, 0.1) is 0 Å². The topological polar surface area (TPSA) is 0 Å². The average molecular weight is 259 g/mol. The summed E-state index contributed by atoms with van der Waals surface area (Å²) in [5.41, 5.74) is 3.76. The Balaban J connectivity index is 2.32. The Morgan fingerprint density at radius 2 is 1.33 bits per heavy atom. The summed E-state index contributed by atoms with van der Waals surface area (Å²) in [4.78, 5) is 1.99. The molecular weight excluding hydrogens is 247 g/mol. The molecule has 0 saturated heterocycles. The van der Waals surface area contributed by atoms with Crippen LogP contribution in [0.1, 0.15) is 5.56 Å². The van der Waals surface area contributed by atoms with Crippen molar-refractivity contribution in [1.29, 1.82) is 0 Å². The molecule has 0 aliphatic carbocycles. The molecule has 0 N–H and O–H groups in total. The monoisotopic (exact) mass is 260 g/mol. The van der Waals surface area contributed by atoms with E-state index >= 15 is 0 Å². The summed E-state index contributed by atoms with van der Waals surface area (Å²) >= 11 is 2.44. The second-order valence-corrected chi connectivity index (χ2v) is 3.93. The van der Waals surface area contributed by atoms with Crippen LogP contribution in [0.25, 0.3) is 17.2 Å². The third kappa shape index (κ3) is 2.59. The van der Waals surface area contributed by atoms with Crippen LogP contribution in [0.3, 0.4) is 0 Å². The normalized spacial score (nSPS) is 10.7. The molecule has 2 aromatic rings. The van der Waals surface area contributed by atoms with E-state index < -0.39 is 0 Å². The fraction of sp³-hybridized carbons (Fsp3) is 0. The van der Waals surface area contributed by atoms with E-state index in [1.807, 2.05) is 11.0 Å². The zero-order valence-electron chi connectivity index (χ0n) is 8.30. The van der Waals surface area contributed by atoms with Crippen LogP contribution < -0.4 is 0 Å².